The molecular formula is C24H49KO4S. The van der Waals surface area contributed by atoms with Crippen molar-refractivity contribution in [2.75, 3.05) is 6.61 Å². The predicted molar refractivity (Wildman–Crippen MR) is 123 cm³/mol. The maximum atomic E-state index is 11.5. The minimum Gasteiger partial charge on any atom is -0.748 e. The van der Waals surface area contributed by atoms with E-state index in [2.05, 4.69) is 6.92 Å². The summed E-state index contributed by atoms with van der Waals surface area (Å²) < 4.78 is 34.6. The Hall–Kier alpha value is 1.51. The number of unbranched alkanes of at least 4 members (excludes halogenated alkanes) is 17. The zero-order valence-electron chi connectivity index (χ0n) is 20.2. The van der Waals surface area contributed by atoms with E-state index in [0.717, 1.165) is 51.4 Å². The van der Waals surface area contributed by atoms with E-state index in [9.17, 15) is 13.0 Å². The number of rotatable bonds is 23. The van der Waals surface area contributed by atoms with Gasteiger partial charge in [-0.3, -0.25) is 0 Å². The molecule has 6 heteroatoms. The second-order valence-electron chi connectivity index (χ2n) is 8.78. The molecule has 0 aromatic carbocycles. The predicted octanol–water partition coefficient (Wildman–Crippen LogP) is 4.11. The van der Waals surface area contributed by atoms with Crippen LogP contribution < -0.4 is 51.4 Å². The fraction of sp³-hybridized carbons (Fsp3) is 1.00. The zero-order valence-corrected chi connectivity index (χ0v) is 24.2. The molecule has 0 saturated carbocycles. The van der Waals surface area contributed by atoms with Gasteiger partial charge < -0.3 is 9.66 Å². The molecule has 1 atom stereocenters. The molecule has 0 heterocycles. The molecule has 1 N–H and O–H groups in total. The van der Waals surface area contributed by atoms with E-state index in [4.69, 9.17) is 5.11 Å². The molecule has 0 amide bonds. The summed E-state index contributed by atoms with van der Waals surface area (Å²) in [7, 11) is -4.15. The minimum absolute atomic E-state index is 0. The molecule has 0 spiro atoms. The fourth-order valence-electron chi connectivity index (χ4n) is 4.01. The van der Waals surface area contributed by atoms with Crippen molar-refractivity contribution in [2.24, 2.45) is 0 Å². The minimum atomic E-state index is -4.15. The fourth-order valence-corrected chi connectivity index (χ4v) is 4.92. The largest absolute Gasteiger partial charge is 1.00 e. The monoisotopic (exact) mass is 472 g/mol. The van der Waals surface area contributed by atoms with Crippen LogP contribution in [0.15, 0.2) is 0 Å². The Kier molecular flexibility index (Phi) is 28.2. The molecule has 176 valence electrons. The molecule has 0 saturated heterocycles. The topological polar surface area (TPSA) is 77.4 Å². The number of hydrogen-bond acceptors (Lipinski definition) is 4. The van der Waals surface area contributed by atoms with Gasteiger partial charge >= 0.3 is 51.4 Å². The summed E-state index contributed by atoms with van der Waals surface area (Å²) in [5.41, 5.74) is 0. The van der Waals surface area contributed by atoms with Gasteiger partial charge in [0.05, 0.1) is 10.1 Å². The van der Waals surface area contributed by atoms with Gasteiger partial charge in [-0.15, -0.1) is 0 Å². The molecule has 0 aliphatic carbocycles. The molecule has 0 aliphatic rings. The van der Waals surface area contributed by atoms with Crippen molar-refractivity contribution < 1.29 is 69.5 Å². The van der Waals surface area contributed by atoms with Crippen LogP contribution in [-0.4, -0.2) is 29.9 Å². The average molecular weight is 473 g/mol. The van der Waals surface area contributed by atoms with E-state index in [1.54, 1.807) is 0 Å². The maximum absolute atomic E-state index is 11.5. The summed E-state index contributed by atoms with van der Waals surface area (Å²) >= 11 is 0. The van der Waals surface area contributed by atoms with Crippen LogP contribution in [0.5, 0.6) is 0 Å². The van der Waals surface area contributed by atoms with E-state index in [-0.39, 0.29) is 51.4 Å². The molecule has 0 rings (SSSR count). The second-order valence-corrected chi connectivity index (χ2v) is 10.4. The third-order valence-corrected chi connectivity index (χ3v) is 7.26. The third-order valence-electron chi connectivity index (χ3n) is 5.97. The van der Waals surface area contributed by atoms with Gasteiger partial charge in [0.25, 0.3) is 0 Å². The molecule has 0 radical (unpaired) electrons. The molecule has 4 nitrogen and oxygen atoms in total. The van der Waals surface area contributed by atoms with Gasteiger partial charge in [0.1, 0.15) is 0 Å². The Morgan fingerprint density at radius 1 is 0.600 bits per heavy atom. The van der Waals surface area contributed by atoms with Gasteiger partial charge in [-0.25, -0.2) is 8.42 Å². The van der Waals surface area contributed by atoms with Gasteiger partial charge in [0, 0.05) is 11.9 Å². The second kappa shape index (κ2) is 25.1. The van der Waals surface area contributed by atoms with Crippen LogP contribution in [0.2, 0.25) is 0 Å². The number of aliphatic hydroxyl groups excluding tert-OH is 1. The van der Waals surface area contributed by atoms with Crippen molar-refractivity contribution in [1.29, 1.82) is 0 Å². The van der Waals surface area contributed by atoms with Crippen molar-refractivity contribution in [1.82, 2.24) is 0 Å². The summed E-state index contributed by atoms with van der Waals surface area (Å²) in [6.45, 7) is 2.52. The number of aliphatic hydroxyl groups is 1. The third kappa shape index (κ3) is 24.2. The van der Waals surface area contributed by atoms with Crippen molar-refractivity contribution in [2.45, 2.75) is 147 Å². The Bertz CT molecular complexity index is 429. The van der Waals surface area contributed by atoms with Gasteiger partial charge in [0.2, 0.25) is 0 Å². The molecule has 30 heavy (non-hydrogen) atoms. The first-order chi connectivity index (χ1) is 14.0. The van der Waals surface area contributed by atoms with Crippen LogP contribution in [0.1, 0.15) is 142 Å². The van der Waals surface area contributed by atoms with Gasteiger partial charge in [-0.2, -0.15) is 0 Å². The molecule has 0 fully saturated rings. The Labute approximate surface area is 230 Å². The van der Waals surface area contributed by atoms with Crippen LogP contribution in [0.25, 0.3) is 0 Å². The molecule has 1 unspecified atom stereocenters. The average Bonchev–Trinajstić information content (AvgIpc) is 2.68. The summed E-state index contributed by atoms with van der Waals surface area (Å²) in [5, 5.41) is 8.07. The van der Waals surface area contributed by atoms with E-state index in [1.165, 1.54) is 70.6 Å². The number of hydrogen-bond donors (Lipinski definition) is 1. The molecule has 0 aliphatic heterocycles. The molecule has 0 bridgehead atoms. The Morgan fingerprint density at radius 2 is 0.900 bits per heavy atom. The summed E-state index contributed by atoms with van der Waals surface area (Å²) in [5.74, 6) is 0. The van der Waals surface area contributed by atoms with Crippen molar-refractivity contribution in [3.8, 4) is 0 Å². The van der Waals surface area contributed by atoms with Gasteiger partial charge in [-0.1, -0.05) is 122 Å². The van der Waals surface area contributed by atoms with Crippen molar-refractivity contribution in [3.63, 3.8) is 0 Å². The van der Waals surface area contributed by atoms with E-state index < -0.39 is 15.4 Å². The van der Waals surface area contributed by atoms with Gasteiger partial charge in [0.15, 0.2) is 0 Å². The smallest absolute Gasteiger partial charge is 0.748 e. The maximum Gasteiger partial charge on any atom is 1.00 e. The van der Waals surface area contributed by atoms with E-state index in [0.29, 0.717) is 19.4 Å². The first-order valence-corrected chi connectivity index (χ1v) is 14.0. The van der Waals surface area contributed by atoms with Crippen molar-refractivity contribution in [3.05, 3.63) is 0 Å². The van der Waals surface area contributed by atoms with E-state index >= 15 is 0 Å². The zero-order chi connectivity index (χ0) is 21.6. The van der Waals surface area contributed by atoms with Crippen LogP contribution >= 0.6 is 0 Å². The Morgan fingerprint density at radius 3 is 1.20 bits per heavy atom. The quantitative estimate of drug-likeness (QED) is 0.138. The SMILES string of the molecule is CCCCCCCCCC(CCCCCCCCCCCCCCO)S(=O)(=O)[O-].[K+]. The molecule has 0 aromatic rings. The Balaban J connectivity index is 0. The van der Waals surface area contributed by atoms with Crippen molar-refractivity contribution >= 4 is 10.1 Å². The van der Waals surface area contributed by atoms with Crippen LogP contribution in [0.3, 0.4) is 0 Å². The summed E-state index contributed by atoms with van der Waals surface area (Å²) in [6.07, 6.45) is 23.2. The van der Waals surface area contributed by atoms with Crippen LogP contribution in [0.4, 0.5) is 0 Å². The van der Waals surface area contributed by atoms with Crippen LogP contribution in [0, 0.1) is 0 Å². The van der Waals surface area contributed by atoms with Crippen LogP contribution in [-0.2, 0) is 10.1 Å². The molecule has 0 aromatic heterocycles. The summed E-state index contributed by atoms with van der Waals surface area (Å²) in [4.78, 5) is 0. The van der Waals surface area contributed by atoms with E-state index in [1.807, 2.05) is 0 Å². The summed E-state index contributed by atoms with van der Waals surface area (Å²) in [6, 6.07) is 0. The first-order valence-electron chi connectivity index (χ1n) is 12.6. The normalized spacial score (nSPS) is 12.6. The standard InChI is InChI=1S/C24H50O4S.K/c1-2-3-4-5-12-15-18-21-24(29(26,27)28)22-19-16-13-10-8-6-7-9-11-14-17-20-23-25;/h24-25H,2-23H2,1H3,(H,26,27,28);/q;+1/p-1. The molecular weight excluding hydrogens is 423 g/mol. The van der Waals surface area contributed by atoms with Gasteiger partial charge in [-0.05, 0) is 19.3 Å². The first kappa shape index (κ1) is 33.7.